The van der Waals surface area contributed by atoms with Gasteiger partial charge in [-0.25, -0.2) is 0 Å². The molecule has 74 valence electrons. The lowest BCUT2D eigenvalue weighted by Crippen LogP contribution is -2.24. The van der Waals surface area contributed by atoms with E-state index >= 15 is 0 Å². The summed E-state index contributed by atoms with van der Waals surface area (Å²) in [6.07, 6.45) is 1.56. The lowest BCUT2D eigenvalue weighted by Gasteiger charge is -2.03. The first-order valence-electron chi connectivity index (χ1n) is 4.13. The zero-order chi connectivity index (χ0) is 10.6. The molecule has 1 rings (SSSR count). The van der Waals surface area contributed by atoms with Crippen molar-refractivity contribution in [1.82, 2.24) is 10.3 Å². The molecule has 1 heterocycles. The van der Waals surface area contributed by atoms with Crippen LogP contribution in [0.25, 0.3) is 0 Å². The number of nitrogens with one attached hydrogen (secondary N) is 1. The van der Waals surface area contributed by atoms with Crippen LogP contribution >= 0.6 is 15.9 Å². The Morgan fingerprint density at radius 1 is 1.64 bits per heavy atom. The molecule has 0 saturated carbocycles. The molecule has 0 fully saturated rings. The van der Waals surface area contributed by atoms with Crippen LogP contribution in [0.2, 0.25) is 0 Å². The van der Waals surface area contributed by atoms with E-state index in [4.69, 9.17) is 0 Å². The summed E-state index contributed by atoms with van der Waals surface area (Å²) in [4.78, 5) is 15.5. The highest BCUT2D eigenvalue weighted by Crippen LogP contribution is 2.01. The fraction of sp³-hybridized carbons (Fsp3) is 0.200. The Balaban J connectivity index is 2.61. The predicted molar refractivity (Wildman–Crippen MR) is 59.4 cm³/mol. The van der Waals surface area contributed by atoms with Crippen molar-refractivity contribution in [2.45, 2.75) is 6.92 Å². The van der Waals surface area contributed by atoms with Gasteiger partial charge in [0.15, 0.2) is 0 Å². The third-order valence-electron chi connectivity index (χ3n) is 1.61. The Bertz CT molecular complexity index is 346. The number of pyridine rings is 1. The summed E-state index contributed by atoms with van der Waals surface area (Å²) in [5.41, 5.74) is 1.45. The molecule has 1 aromatic rings. The number of carbonyl (C=O) groups excluding carboxylic acids is 1. The fourth-order valence-corrected chi connectivity index (χ4v) is 1.02. The van der Waals surface area contributed by atoms with E-state index in [0.29, 0.717) is 12.1 Å². The molecule has 14 heavy (non-hydrogen) atoms. The minimum atomic E-state index is -0.141. The average Bonchev–Trinajstić information content (AvgIpc) is 2.15. The second-order valence-corrected chi connectivity index (χ2v) is 4.01. The standard InChI is InChI=1S/C10H11BrN2O/c1-7(11)5-13-10(14)9-4-3-8(2)12-6-9/h3-4,6H,1,5H2,2H3,(H,13,14). The molecule has 0 saturated heterocycles. The third kappa shape index (κ3) is 3.30. The Morgan fingerprint density at radius 3 is 2.86 bits per heavy atom. The van der Waals surface area contributed by atoms with Gasteiger partial charge < -0.3 is 5.32 Å². The van der Waals surface area contributed by atoms with Crippen LogP contribution in [0.4, 0.5) is 0 Å². The van der Waals surface area contributed by atoms with Crippen molar-refractivity contribution >= 4 is 21.8 Å². The highest BCUT2D eigenvalue weighted by atomic mass is 79.9. The normalized spacial score (nSPS) is 9.57. The molecule has 0 unspecified atom stereocenters. The number of nitrogens with zero attached hydrogens (tertiary/aromatic N) is 1. The maximum Gasteiger partial charge on any atom is 0.253 e. The topological polar surface area (TPSA) is 42.0 Å². The van der Waals surface area contributed by atoms with Crippen molar-refractivity contribution in [3.63, 3.8) is 0 Å². The van der Waals surface area contributed by atoms with E-state index in [9.17, 15) is 4.79 Å². The molecule has 0 spiro atoms. The number of carbonyl (C=O) groups is 1. The molecule has 1 aromatic heterocycles. The number of aryl methyl sites for hydroxylation is 1. The van der Waals surface area contributed by atoms with Crippen molar-refractivity contribution in [3.8, 4) is 0 Å². The quantitative estimate of drug-likeness (QED) is 0.897. The molecule has 0 aliphatic rings. The summed E-state index contributed by atoms with van der Waals surface area (Å²) >= 11 is 3.16. The van der Waals surface area contributed by atoms with Crippen LogP contribution in [0.15, 0.2) is 29.4 Å². The highest BCUT2D eigenvalue weighted by molar-refractivity contribution is 9.11. The summed E-state index contributed by atoms with van der Waals surface area (Å²) in [6, 6.07) is 3.55. The number of aromatic nitrogens is 1. The van der Waals surface area contributed by atoms with E-state index in [1.54, 1.807) is 18.3 Å². The maximum atomic E-state index is 11.4. The van der Waals surface area contributed by atoms with Gasteiger partial charge >= 0.3 is 0 Å². The predicted octanol–water partition coefficient (Wildman–Crippen LogP) is 2.03. The van der Waals surface area contributed by atoms with E-state index in [1.165, 1.54) is 0 Å². The van der Waals surface area contributed by atoms with Crippen LogP contribution in [-0.2, 0) is 0 Å². The molecule has 4 heteroatoms. The van der Waals surface area contributed by atoms with Gasteiger partial charge in [-0.05, 0) is 19.1 Å². The molecule has 0 aliphatic carbocycles. The Kier molecular flexibility index (Phi) is 3.83. The van der Waals surface area contributed by atoms with Crippen LogP contribution in [0.5, 0.6) is 0 Å². The van der Waals surface area contributed by atoms with E-state index in [2.05, 4.69) is 32.8 Å². The third-order valence-corrected chi connectivity index (χ3v) is 1.89. The summed E-state index contributed by atoms with van der Waals surface area (Å²) in [6.45, 7) is 5.92. The van der Waals surface area contributed by atoms with Crippen molar-refractivity contribution in [2.24, 2.45) is 0 Å². The Hall–Kier alpha value is -1.16. The second kappa shape index (κ2) is 4.91. The van der Waals surface area contributed by atoms with E-state index in [0.717, 1.165) is 10.2 Å². The van der Waals surface area contributed by atoms with Crippen molar-refractivity contribution in [1.29, 1.82) is 0 Å². The van der Waals surface area contributed by atoms with Gasteiger partial charge in [-0.3, -0.25) is 9.78 Å². The second-order valence-electron chi connectivity index (χ2n) is 2.89. The van der Waals surface area contributed by atoms with Crippen molar-refractivity contribution in [2.75, 3.05) is 6.54 Å². The zero-order valence-electron chi connectivity index (χ0n) is 7.88. The number of hydrogen-bond acceptors (Lipinski definition) is 2. The minimum absolute atomic E-state index is 0.141. The monoisotopic (exact) mass is 254 g/mol. The van der Waals surface area contributed by atoms with Crippen LogP contribution in [0.3, 0.4) is 0 Å². The molecule has 0 atom stereocenters. The van der Waals surface area contributed by atoms with E-state index < -0.39 is 0 Å². The Morgan fingerprint density at radius 2 is 2.36 bits per heavy atom. The first-order valence-corrected chi connectivity index (χ1v) is 4.93. The van der Waals surface area contributed by atoms with Gasteiger partial charge in [0.05, 0.1) is 5.56 Å². The van der Waals surface area contributed by atoms with Gasteiger partial charge in [0.1, 0.15) is 0 Å². The molecule has 0 aliphatic heterocycles. The zero-order valence-corrected chi connectivity index (χ0v) is 9.47. The first kappa shape index (κ1) is 10.9. The van der Waals surface area contributed by atoms with Crippen molar-refractivity contribution in [3.05, 3.63) is 40.6 Å². The molecule has 1 N–H and O–H groups in total. The molecule has 1 amide bonds. The highest BCUT2D eigenvalue weighted by Gasteiger charge is 2.04. The molecule has 0 radical (unpaired) electrons. The average molecular weight is 255 g/mol. The Labute approximate surface area is 91.4 Å². The van der Waals surface area contributed by atoms with Gasteiger partial charge in [0.25, 0.3) is 5.91 Å². The summed E-state index contributed by atoms with van der Waals surface area (Å²) in [5, 5.41) is 2.69. The maximum absolute atomic E-state index is 11.4. The van der Waals surface area contributed by atoms with Crippen LogP contribution in [0, 0.1) is 6.92 Å². The number of rotatable bonds is 3. The SMILES string of the molecule is C=C(Br)CNC(=O)c1ccc(C)nc1. The number of hydrogen-bond donors (Lipinski definition) is 1. The lowest BCUT2D eigenvalue weighted by atomic mass is 10.2. The summed E-state index contributed by atoms with van der Waals surface area (Å²) < 4.78 is 0.742. The molecule has 0 bridgehead atoms. The van der Waals surface area contributed by atoms with Gasteiger partial charge in [-0.15, -0.1) is 0 Å². The van der Waals surface area contributed by atoms with Gasteiger partial charge in [0.2, 0.25) is 0 Å². The molecule has 3 nitrogen and oxygen atoms in total. The van der Waals surface area contributed by atoms with Gasteiger partial charge in [0, 0.05) is 22.9 Å². The summed E-state index contributed by atoms with van der Waals surface area (Å²) in [5.74, 6) is -0.141. The molecule has 0 aromatic carbocycles. The largest absolute Gasteiger partial charge is 0.347 e. The van der Waals surface area contributed by atoms with Crippen molar-refractivity contribution < 1.29 is 4.79 Å². The summed E-state index contributed by atoms with van der Waals surface area (Å²) in [7, 11) is 0. The van der Waals surface area contributed by atoms with E-state index in [-0.39, 0.29) is 5.91 Å². The van der Waals surface area contributed by atoms with Crippen LogP contribution in [-0.4, -0.2) is 17.4 Å². The fourth-order valence-electron chi connectivity index (χ4n) is 0.880. The van der Waals surface area contributed by atoms with Crippen LogP contribution < -0.4 is 5.32 Å². The minimum Gasteiger partial charge on any atom is -0.347 e. The number of halogens is 1. The van der Waals surface area contributed by atoms with E-state index in [1.807, 2.05) is 6.92 Å². The van der Waals surface area contributed by atoms with Crippen LogP contribution in [0.1, 0.15) is 16.1 Å². The van der Waals surface area contributed by atoms with Gasteiger partial charge in [-0.2, -0.15) is 0 Å². The molecular weight excluding hydrogens is 244 g/mol. The lowest BCUT2D eigenvalue weighted by molar-refractivity contribution is 0.0957. The molecular formula is C10H11BrN2O. The smallest absolute Gasteiger partial charge is 0.253 e. The van der Waals surface area contributed by atoms with Gasteiger partial charge in [-0.1, -0.05) is 22.5 Å². The number of amides is 1. The first-order chi connectivity index (χ1) is 6.59.